The van der Waals surface area contributed by atoms with Gasteiger partial charge in [0.25, 0.3) is 0 Å². The van der Waals surface area contributed by atoms with Gasteiger partial charge in [0.05, 0.1) is 5.56 Å². The maximum Gasteiger partial charge on any atom is 0.417 e. The van der Waals surface area contributed by atoms with Crippen molar-refractivity contribution in [3.63, 3.8) is 0 Å². The van der Waals surface area contributed by atoms with E-state index < -0.39 is 11.7 Å². The Morgan fingerprint density at radius 3 is 2.31 bits per heavy atom. The van der Waals surface area contributed by atoms with E-state index in [-0.39, 0.29) is 0 Å². The van der Waals surface area contributed by atoms with Crippen molar-refractivity contribution in [3.8, 4) is 11.1 Å². The third-order valence-corrected chi connectivity index (χ3v) is 2.06. The number of hydrogen-bond donors (Lipinski definition) is 0. The smallest absolute Gasteiger partial charge is 0.264 e. The van der Waals surface area contributed by atoms with Crippen molar-refractivity contribution >= 4 is 0 Å². The quantitative estimate of drug-likeness (QED) is 0.743. The Balaban J connectivity index is 2.45. The molecule has 0 unspecified atom stereocenters. The Kier molecular flexibility index (Phi) is 2.60. The van der Waals surface area contributed by atoms with Crippen LogP contribution in [0.4, 0.5) is 13.2 Å². The average molecular weight is 224 g/mol. The zero-order valence-electron chi connectivity index (χ0n) is 8.07. The third-order valence-electron chi connectivity index (χ3n) is 2.06. The highest BCUT2D eigenvalue weighted by molar-refractivity contribution is 5.61. The minimum Gasteiger partial charge on any atom is -0.264 e. The van der Waals surface area contributed by atoms with Gasteiger partial charge in [-0.15, -0.1) is 0 Å². The van der Waals surface area contributed by atoms with E-state index in [1.807, 2.05) is 0 Å². The highest BCUT2D eigenvalue weighted by Crippen LogP contribution is 2.30. The van der Waals surface area contributed by atoms with Crippen LogP contribution < -0.4 is 0 Å². The second-order valence-electron chi connectivity index (χ2n) is 3.20. The van der Waals surface area contributed by atoms with Crippen LogP contribution in [-0.4, -0.2) is 9.97 Å². The molecule has 16 heavy (non-hydrogen) atoms. The summed E-state index contributed by atoms with van der Waals surface area (Å²) in [7, 11) is 0. The molecule has 0 saturated heterocycles. The van der Waals surface area contributed by atoms with E-state index in [0.29, 0.717) is 11.1 Å². The van der Waals surface area contributed by atoms with E-state index in [2.05, 4.69) is 9.97 Å². The molecule has 0 aliphatic heterocycles. The van der Waals surface area contributed by atoms with Crippen molar-refractivity contribution in [2.75, 3.05) is 0 Å². The summed E-state index contributed by atoms with van der Waals surface area (Å²) in [5.74, 6) is 0. The van der Waals surface area contributed by atoms with Crippen molar-refractivity contribution in [3.05, 3.63) is 48.5 Å². The molecule has 0 aliphatic carbocycles. The number of alkyl halides is 3. The molecule has 2 rings (SSSR count). The first-order valence-electron chi connectivity index (χ1n) is 4.50. The Morgan fingerprint density at radius 2 is 1.69 bits per heavy atom. The molecule has 2 nitrogen and oxygen atoms in total. The second kappa shape index (κ2) is 3.92. The molecule has 0 saturated carbocycles. The zero-order valence-corrected chi connectivity index (χ0v) is 8.07. The molecule has 0 radical (unpaired) electrons. The lowest BCUT2D eigenvalue weighted by Gasteiger charge is -2.07. The van der Waals surface area contributed by atoms with Crippen molar-refractivity contribution in [2.24, 2.45) is 0 Å². The van der Waals surface area contributed by atoms with Crippen LogP contribution in [0.3, 0.4) is 0 Å². The van der Waals surface area contributed by atoms with Crippen LogP contribution in [0.5, 0.6) is 0 Å². The molecular formula is C11H7F3N2. The molecule has 0 amide bonds. The number of hydrogen-bond acceptors (Lipinski definition) is 2. The fourth-order valence-electron chi connectivity index (χ4n) is 1.29. The number of nitrogens with zero attached hydrogens (tertiary/aromatic N) is 2. The van der Waals surface area contributed by atoms with Gasteiger partial charge in [0, 0.05) is 35.9 Å². The molecule has 2 aromatic rings. The van der Waals surface area contributed by atoms with Crippen LogP contribution in [0.25, 0.3) is 11.1 Å². The van der Waals surface area contributed by atoms with E-state index in [1.165, 1.54) is 12.4 Å². The van der Waals surface area contributed by atoms with Gasteiger partial charge in [0.1, 0.15) is 0 Å². The van der Waals surface area contributed by atoms with E-state index in [0.717, 1.165) is 12.3 Å². The lowest BCUT2D eigenvalue weighted by molar-refractivity contribution is -0.137. The molecule has 0 bridgehead atoms. The van der Waals surface area contributed by atoms with Crippen LogP contribution in [0, 0.1) is 0 Å². The third kappa shape index (κ3) is 2.18. The van der Waals surface area contributed by atoms with Gasteiger partial charge in [0.15, 0.2) is 0 Å². The topological polar surface area (TPSA) is 25.8 Å². The van der Waals surface area contributed by atoms with E-state index in [1.54, 1.807) is 18.3 Å². The minimum atomic E-state index is -4.37. The first kappa shape index (κ1) is 10.6. The molecule has 0 aliphatic rings. The normalized spacial score (nSPS) is 11.4. The summed E-state index contributed by atoms with van der Waals surface area (Å²) < 4.78 is 37.3. The SMILES string of the molecule is FC(F)(F)c1cncc(-c2cccnc2)c1. The van der Waals surface area contributed by atoms with Crippen molar-refractivity contribution in [1.29, 1.82) is 0 Å². The Morgan fingerprint density at radius 1 is 0.938 bits per heavy atom. The highest BCUT2D eigenvalue weighted by Gasteiger charge is 2.31. The van der Waals surface area contributed by atoms with Gasteiger partial charge in [-0.3, -0.25) is 9.97 Å². The maximum absolute atomic E-state index is 12.4. The molecule has 0 atom stereocenters. The van der Waals surface area contributed by atoms with Crippen LogP contribution in [0.1, 0.15) is 5.56 Å². The predicted molar refractivity (Wildman–Crippen MR) is 52.5 cm³/mol. The lowest BCUT2D eigenvalue weighted by Crippen LogP contribution is -2.05. The number of halogens is 3. The van der Waals surface area contributed by atoms with Gasteiger partial charge >= 0.3 is 6.18 Å². The summed E-state index contributed by atoms with van der Waals surface area (Å²) in [6.07, 6.45) is 0.874. The lowest BCUT2D eigenvalue weighted by atomic mass is 10.1. The van der Waals surface area contributed by atoms with Crippen LogP contribution in [-0.2, 0) is 6.18 Å². The maximum atomic E-state index is 12.4. The van der Waals surface area contributed by atoms with Crippen molar-refractivity contribution in [2.45, 2.75) is 6.18 Å². The van der Waals surface area contributed by atoms with E-state index >= 15 is 0 Å². The molecule has 82 valence electrons. The number of pyridine rings is 2. The average Bonchev–Trinajstić information content (AvgIpc) is 2.29. The van der Waals surface area contributed by atoms with E-state index in [9.17, 15) is 13.2 Å². The van der Waals surface area contributed by atoms with Gasteiger partial charge in [0.2, 0.25) is 0 Å². The molecule has 2 aromatic heterocycles. The van der Waals surface area contributed by atoms with Crippen molar-refractivity contribution < 1.29 is 13.2 Å². The second-order valence-corrected chi connectivity index (χ2v) is 3.20. The monoisotopic (exact) mass is 224 g/mol. The van der Waals surface area contributed by atoms with Crippen LogP contribution in [0.2, 0.25) is 0 Å². The van der Waals surface area contributed by atoms with Gasteiger partial charge in [-0.05, 0) is 12.1 Å². The summed E-state index contributed by atoms with van der Waals surface area (Å²) in [6.45, 7) is 0. The van der Waals surface area contributed by atoms with Crippen LogP contribution in [0.15, 0.2) is 43.0 Å². The van der Waals surface area contributed by atoms with Gasteiger partial charge in [-0.1, -0.05) is 6.07 Å². The Bertz CT molecular complexity index is 480. The van der Waals surface area contributed by atoms with Gasteiger partial charge in [-0.2, -0.15) is 13.2 Å². The summed E-state index contributed by atoms with van der Waals surface area (Å²) >= 11 is 0. The molecule has 0 N–H and O–H groups in total. The van der Waals surface area contributed by atoms with Gasteiger partial charge < -0.3 is 0 Å². The largest absolute Gasteiger partial charge is 0.417 e. The number of aromatic nitrogens is 2. The summed E-state index contributed by atoms with van der Waals surface area (Å²) in [5, 5.41) is 0. The fourth-order valence-corrected chi connectivity index (χ4v) is 1.29. The molecular weight excluding hydrogens is 217 g/mol. The standard InChI is InChI=1S/C11H7F3N2/c12-11(13,14)10-4-9(6-16-7-10)8-2-1-3-15-5-8/h1-7H. The molecule has 5 heteroatoms. The first-order chi connectivity index (χ1) is 7.57. The zero-order chi connectivity index (χ0) is 11.6. The molecule has 0 fully saturated rings. The highest BCUT2D eigenvalue weighted by atomic mass is 19.4. The summed E-state index contributed by atoms with van der Waals surface area (Å²) in [4.78, 5) is 7.42. The number of rotatable bonds is 1. The van der Waals surface area contributed by atoms with E-state index in [4.69, 9.17) is 0 Å². The van der Waals surface area contributed by atoms with Crippen LogP contribution >= 0.6 is 0 Å². The summed E-state index contributed by atoms with van der Waals surface area (Å²) in [5.41, 5.74) is 0.262. The molecule has 0 aromatic carbocycles. The fraction of sp³-hybridized carbons (Fsp3) is 0.0909. The van der Waals surface area contributed by atoms with Crippen molar-refractivity contribution in [1.82, 2.24) is 9.97 Å². The molecule has 0 spiro atoms. The minimum absolute atomic E-state index is 0.405. The predicted octanol–water partition coefficient (Wildman–Crippen LogP) is 3.16. The Hall–Kier alpha value is -1.91. The Labute approximate surface area is 89.8 Å². The summed E-state index contributed by atoms with van der Waals surface area (Å²) in [6, 6.07) is 4.41. The molecule has 2 heterocycles. The van der Waals surface area contributed by atoms with Gasteiger partial charge in [-0.25, -0.2) is 0 Å². The first-order valence-corrected chi connectivity index (χ1v) is 4.50.